The molecule has 0 unspecified atom stereocenters. The van der Waals surface area contributed by atoms with E-state index in [-0.39, 0.29) is 17.6 Å². The molecule has 1 N–H and O–H groups in total. The molecule has 2 rings (SSSR count). The molecular weight excluding hydrogens is 260 g/mol. The first-order chi connectivity index (χ1) is 9.66. The van der Waals surface area contributed by atoms with Gasteiger partial charge in [-0.15, -0.1) is 0 Å². The van der Waals surface area contributed by atoms with Gasteiger partial charge < -0.3 is 14.7 Å². The summed E-state index contributed by atoms with van der Waals surface area (Å²) in [6.07, 6.45) is 5.42. The predicted molar refractivity (Wildman–Crippen MR) is 70.8 cm³/mol. The number of hydrogen-bond acceptors (Lipinski definition) is 7. The van der Waals surface area contributed by atoms with Crippen LogP contribution in [0.15, 0.2) is 23.1 Å². The van der Waals surface area contributed by atoms with Crippen LogP contribution in [0.2, 0.25) is 0 Å². The quantitative estimate of drug-likeness (QED) is 0.753. The van der Waals surface area contributed by atoms with Gasteiger partial charge in [0.1, 0.15) is 5.69 Å². The van der Waals surface area contributed by atoms with Gasteiger partial charge in [0.2, 0.25) is 5.82 Å². The topological polar surface area (TPSA) is 97.0 Å². The normalized spacial score (nSPS) is 10.8. The number of carbonyl (C=O) groups excluding carboxylic acids is 1. The first-order valence-electron chi connectivity index (χ1n) is 6.20. The zero-order valence-electron chi connectivity index (χ0n) is 11.4. The summed E-state index contributed by atoms with van der Waals surface area (Å²) in [4.78, 5) is 25.7. The van der Waals surface area contributed by atoms with Crippen molar-refractivity contribution in [3.8, 4) is 11.5 Å². The third-order valence-corrected chi connectivity index (χ3v) is 2.48. The van der Waals surface area contributed by atoms with Gasteiger partial charge >= 0.3 is 11.8 Å². The molecule has 106 valence electrons. The Morgan fingerprint density at radius 1 is 1.40 bits per heavy atom. The lowest BCUT2D eigenvalue weighted by Gasteiger charge is -2.08. The van der Waals surface area contributed by atoms with E-state index in [1.54, 1.807) is 6.20 Å². The van der Waals surface area contributed by atoms with Gasteiger partial charge in [-0.1, -0.05) is 5.16 Å². The van der Waals surface area contributed by atoms with Crippen LogP contribution >= 0.6 is 0 Å². The first kappa shape index (κ1) is 14.1. The number of rotatable bonds is 6. The van der Waals surface area contributed by atoms with Crippen molar-refractivity contribution < 1.29 is 9.32 Å². The van der Waals surface area contributed by atoms with Crippen LogP contribution in [0, 0.1) is 0 Å². The number of hydrogen-bond donors (Lipinski definition) is 1. The fourth-order valence-electron chi connectivity index (χ4n) is 1.51. The molecule has 0 aliphatic heterocycles. The Hall–Kier alpha value is -2.35. The van der Waals surface area contributed by atoms with Crippen molar-refractivity contribution in [1.82, 2.24) is 30.3 Å². The second-order valence-corrected chi connectivity index (χ2v) is 4.43. The highest BCUT2D eigenvalue weighted by Gasteiger charge is 2.16. The van der Waals surface area contributed by atoms with Crippen LogP contribution in [0.3, 0.4) is 0 Å². The van der Waals surface area contributed by atoms with Gasteiger partial charge in [-0.25, -0.2) is 4.98 Å². The highest BCUT2D eigenvalue weighted by Crippen LogP contribution is 2.10. The van der Waals surface area contributed by atoms with E-state index in [4.69, 9.17) is 4.52 Å². The summed E-state index contributed by atoms with van der Waals surface area (Å²) in [5, 5.41) is 6.43. The molecule has 0 radical (unpaired) electrons. The molecule has 8 heteroatoms. The average Bonchev–Trinajstić information content (AvgIpc) is 2.94. The third-order valence-electron chi connectivity index (χ3n) is 2.48. The van der Waals surface area contributed by atoms with E-state index in [9.17, 15) is 4.79 Å². The summed E-state index contributed by atoms with van der Waals surface area (Å²) in [5.74, 6) is -0.210. The summed E-state index contributed by atoms with van der Waals surface area (Å²) >= 11 is 0. The Kier molecular flexibility index (Phi) is 4.72. The van der Waals surface area contributed by atoms with Crippen molar-refractivity contribution in [3.63, 3.8) is 0 Å². The second kappa shape index (κ2) is 6.71. The SMILES string of the molecule is CN(C)CCCNC(=O)c1nc(-c2cnccn2)no1. The fraction of sp³-hybridized carbons (Fsp3) is 0.417. The van der Waals surface area contributed by atoms with Gasteiger partial charge in [0.25, 0.3) is 0 Å². The maximum absolute atomic E-state index is 11.8. The zero-order valence-corrected chi connectivity index (χ0v) is 11.4. The maximum atomic E-state index is 11.8. The van der Waals surface area contributed by atoms with Gasteiger partial charge in [0.05, 0.1) is 6.20 Å². The molecule has 0 saturated heterocycles. The number of aromatic nitrogens is 4. The average molecular weight is 276 g/mol. The minimum atomic E-state index is -0.383. The largest absolute Gasteiger partial charge is 0.348 e. The molecule has 20 heavy (non-hydrogen) atoms. The van der Waals surface area contributed by atoms with E-state index >= 15 is 0 Å². The van der Waals surface area contributed by atoms with E-state index in [2.05, 4.69) is 25.4 Å². The Balaban J connectivity index is 1.90. The van der Waals surface area contributed by atoms with E-state index in [0.717, 1.165) is 13.0 Å². The molecule has 0 spiro atoms. The van der Waals surface area contributed by atoms with Crippen molar-refractivity contribution >= 4 is 5.91 Å². The highest BCUT2D eigenvalue weighted by molar-refractivity contribution is 5.89. The zero-order chi connectivity index (χ0) is 14.4. The van der Waals surface area contributed by atoms with E-state index in [1.807, 2.05) is 19.0 Å². The molecule has 0 aliphatic carbocycles. The molecule has 8 nitrogen and oxygen atoms in total. The lowest BCUT2D eigenvalue weighted by molar-refractivity contribution is 0.0908. The van der Waals surface area contributed by atoms with Crippen molar-refractivity contribution in [2.24, 2.45) is 0 Å². The number of amides is 1. The number of nitrogens with one attached hydrogen (secondary N) is 1. The monoisotopic (exact) mass is 276 g/mol. The third kappa shape index (κ3) is 3.82. The molecule has 0 atom stereocenters. The van der Waals surface area contributed by atoms with Gasteiger partial charge in [-0.3, -0.25) is 9.78 Å². The smallest absolute Gasteiger partial charge is 0.316 e. The van der Waals surface area contributed by atoms with E-state index in [0.29, 0.717) is 12.2 Å². The summed E-state index contributed by atoms with van der Waals surface area (Å²) < 4.78 is 4.91. The molecule has 0 fully saturated rings. The van der Waals surface area contributed by atoms with Gasteiger partial charge in [-0.2, -0.15) is 4.98 Å². The summed E-state index contributed by atoms with van der Waals surface area (Å²) in [6.45, 7) is 1.45. The first-order valence-corrected chi connectivity index (χ1v) is 6.20. The van der Waals surface area contributed by atoms with Crippen LogP contribution in [0.4, 0.5) is 0 Å². The lowest BCUT2D eigenvalue weighted by atomic mass is 10.4. The molecule has 0 bridgehead atoms. The Bertz CT molecular complexity index is 554. The molecule has 2 aromatic rings. The molecule has 0 saturated carbocycles. The second-order valence-electron chi connectivity index (χ2n) is 4.43. The fourth-order valence-corrected chi connectivity index (χ4v) is 1.51. The molecule has 2 heterocycles. The number of carbonyl (C=O) groups is 1. The summed E-state index contributed by atoms with van der Waals surface area (Å²) in [6, 6.07) is 0. The van der Waals surface area contributed by atoms with Gasteiger partial charge in [0.15, 0.2) is 0 Å². The molecule has 2 aromatic heterocycles. The summed E-state index contributed by atoms with van der Waals surface area (Å²) in [7, 11) is 3.96. The minimum Gasteiger partial charge on any atom is -0.348 e. The minimum absolute atomic E-state index is 0.0736. The Morgan fingerprint density at radius 3 is 2.95 bits per heavy atom. The van der Waals surface area contributed by atoms with Crippen LogP contribution in [-0.4, -0.2) is 58.1 Å². The van der Waals surface area contributed by atoms with Crippen LogP contribution < -0.4 is 5.32 Å². The Labute approximate surface area is 116 Å². The van der Waals surface area contributed by atoms with Gasteiger partial charge in [-0.05, 0) is 27.1 Å². The molecule has 1 amide bonds. The van der Waals surface area contributed by atoms with Crippen LogP contribution in [0.1, 0.15) is 17.1 Å². The molecular formula is C12H16N6O2. The van der Waals surface area contributed by atoms with Crippen molar-refractivity contribution in [2.45, 2.75) is 6.42 Å². The van der Waals surface area contributed by atoms with Crippen molar-refractivity contribution in [3.05, 3.63) is 24.5 Å². The summed E-state index contributed by atoms with van der Waals surface area (Å²) in [5.41, 5.74) is 0.461. The van der Waals surface area contributed by atoms with E-state index in [1.165, 1.54) is 12.4 Å². The highest BCUT2D eigenvalue weighted by atomic mass is 16.5. The van der Waals surface area contributed by atoms with Gasteiger partial charge in [0, 0.05) is 18.9 Å². The van der Waals surface area contributed by atoms with Crippen LogP contribution in [0.25, 0.3) is 11.5 Å². The molecule has 0 aromatic carbocycles. The van der Waals surface area contributed by atoms with Crippen LogP contribution in [-0.2, 0) is 0 Å². The molecule has 0 aliphatic rings. The van der Waals surface area contributed by atoms with E-state index < -0.39 is 0 Å². The van der Waals surface area contributed by atoms with Crippen molar-refractivity contribution in [1.29, 1.82) is 0 Å². The number of nitrogens with zero attached hydrogens (tertiary/aromatic N) is 5. The van der Waals surface area contributed by atoms with Crippen molar-refractivity contribution in [2.75, 3.05) is 27.2 Å². The lowest BCUT2D eigenvalue weighted by Crippen LogP contribution is -2.27. The van der Waals surface area contributed by atoms with Crippen LogP contribution in [0.5, 0.6) is 0 Å². The predicted octanol–water partition coefficient (Wildman–Crippen LogP) is 0.208. The Morgan fingerprint density at radius 2 is 2.25 bits per heavy atom. The standard InChI is InChI=1S/C12H16N6O2/c1-18(2)7-3-4-15-11(19)12-16-10(17-20-12)9-8-13-5-6-14-9/h5-6,8H,3-4,7H2,1-2H3,(H,15,19). The maximum Gasteiger partial charge on any atom is 0.316 e.